The minimum Gasteiger partial charge on any atom is -0.497 e. The van der Waals surface area contributed by atoms with E-state index in [1.54, 1.807) is 24.3 Å². The number of carbonyl (C=O) groups excluding carboxylic acids is 2. The first-order chi connectivity index (χ1) is 14.1. The second kappa shape index (κ2) is 9.90. The van der Waals surface area contributed by atoms with E-state index in [0.717, 1.165) is 18.8 Å². The number of nitrogens with zero attached hydrogens (tertiary/aromatic N) is 1. The van der Waals surface area contributed by atoms with Gasteiger partial charge in [-0.15, -0.1) is 0 Å². The molecule has 3 rings (SSSR count). The molecule has 0 saturated carbocycles. The van der Waals surface area contributed by atoms with Gasteiger partial charge in [-0.2, -0.15) is 0 Å². The molecular weight excluding hydrogens is 374 g/mol. The topological polar surface area (TPSA) is 89.1 Å². The molecule has 1 aliphatic rings. The lowest BCUT2D eigenvalue weighted by Crippen LogP contribution is -2.37. The number of hydrogen-bond acceptors (Lipinski definition) is 6. The number of carbonyl (C=O) groups is 2. The summed E-state index contributed by atoms with van der Waals surface area (Å²) in [6, 6.07) is 12.5. The normalized spacial score (nSPS) is 13.7. The Morgan fingerprint density at radius 1 is 1.03 bits per heavy atom. The Labute approximate surface area is 169 Å². The third-order valence-electron chi connectivity index (χ3n) is 4.52. The molecule has 0 bridgehead atoms. The van der Waals surface area contributed by atoms with Gasteiger partial charge in [0.05, 0.1) is 37.3 Å². The minimum atomic E-state index is -0.318. The van der Waals surface area contributed by atoms with Crippen molar-refractivity contribution in [2.24, 2.45) is 0 Å². The highest BCUT2D eigenvalue weighted by atomic mass is 16.5. The molecule has 8 nitrogen and oxygen atoms in total. The van der Waals surface area contributed by atoms with Crippen LogP contribution in [0.15, 0.2) is 42.5 Å². The van der Waals surface area contributed by atoms with Crippen molar-refractivity contribution >= 4 is 28.9 Å². The molecule has 1 saturated heterocycles. The van der Waals surface area contributed by atoms with Crippen molar-refractivity contribution in [1.29, 1.82) is 0 Å². The van der Waals surface area contributed by atoms with Crippen LogP contribution < -0.4 is 20.3 Å². The summed E-state index contributed by atoms with van der Waals surface area (Å²) in [5.74, 6) is -0.0315. The van der Waals surface area contributed by atoms with Crippen LogP contribution in [-0.2, 0) is 14.3 Å². The van der Waals surface area contributed by atoms with Crippen LogP contribution in [-0.4, -0.2) is 58.9 Å². The highest BCUT2D eigenvalue weighted by Gasteiger charge is 2.19. The molecule has 0 unspecified atom stereocenters. The van der Waals surface area contributed by atoms with Gasteiger partial charge in [-0.05, 0) is 24.3 Å². The zero-order valence-corrected chi connectivity index (χ0v) is 16.6. The molecule has 29 heavy (non-hydrogen) atoms. The summed E-state index contributed by atoms with van der Waals surface area (Å²) < 4.78 is 15.5. The summed E-state index contributed by atoms with van der Waals surface area (Å²) in [6.07, 6.45) is 0. The van der Waals surface area contributed by atoms with Crippen LogP contribution in [0.25, 0.3) is 0 Å². The minimum absolute atomic E-state index is 0.0840. The Morgan fingerprint density at radius 3 is 2.52 bits per heavy atom. The Kier molecular flexibility index (Phi) is 7.04. The lowest BCUT2D eigenvalue weighted by atomic mass is 10.1. The van der Waals surface area contributed by atoms with Gasteiger partial charge in [0.2, 0.25) is 5.91 Å². The first-order valence-corrected chi connectivity index (χ1v) is 9.32. The summed E-state index contributed by atoms with van der Waals surface area (Å²) in [7, 11) is 2.98. The van der Waals surface area contributed by atoms with E-state index in [4.69, 9.17) is 14.2 Å². The van der Waals surface area contributed by atoms with Gasteiger partial charge in [0.25, 0.3) is 5.91 Å². The van der Waals surface area contributed by atoms with E-state index in [-0.39, 0.29) is 18.4 Å². The quantitative estimate of drug-likeness (QED) is 0.743. The largest absolute Gasteiger partial charge is 0.497 e. The average Bonchev–Trinajstić information content (AvgIpc) is 2.75. The maximum atomic E-state index is 13.1. The van der Waals surface area contributed by atoms with Gasteiger partial charge < -0.3 is 29.7 Å². The zero-order chi connectivity index (χ0) is 20.6. The molecule has 1 fully saturated rings. The number of rotatable bonds is 7. The number of amides is 2. The number of ether oxygens (including phenoxy) is 3. The van der Waals surface area contributed by atoms with Gasteiger partial charge in [-0.25, -0.2) is 0 Å². The molecule has 8 heteroatoms. The van der Waals surface area contributed by atoms with Gasteiger partial charge in [-0.3, -0.25) is 9.59 Å². The lowest BCUT2D eigenvalue weighted by molar-refractivity contribution is -0.119. The maximum Gasteiger partial charge on any atom is 0.257 e. The van der Waals surface area contributed by atoms with Crippen molar-refractivity contribution in [3.63, 3.8) is 0 Å². The van der Waals surface area contributed by atoms with E-state index >= 15 is 0 Å². The fourth-order valence-corrected chi connectivity index (χ4v) is 3.12. The smallest absolute Gasteiger partial charge is 0.257 e. The summed E-state index contributed by atoms with van der Waals surface area (Å²) in [5.41, 5.74) is 2.30. The van der Waals surface area contributed by atoms with E-state index in [9.17, 15) is 9.59 Å². The zero-order valence-electron chi connectivity index (χ0n) is 16.6. The van der Waals surface area contributed by atoms with E-state index in [1.807, 2.05) is 18.2 Å². The van der Waals surface area contributed by atoms with Crippen molar-refractivity contribution < 1.29 is 23.8 Å². The van der Waals surface area contributed by atoms with Crippen molar-refractivity contribution in [1.82, 2.24) is 0 Å². The van der Waals surface area contributed by atoms with Crippen LogP contribution in [0, 0.1) is 0 Å². The van der Waals surface area contributed by atoms with Crippen LogP contribution in [0.5, 0.6) is 5.75 Å². The number of anilines is 3. The number of methoxy groups -OCH3 is 2. The summed E-state index contributed by atoms with van der Waals surface area (Å²) in [5, 5.41) is 5.63. The number of morpholine rings is 1. The lowest BCUT2D eigenvalue weighted by Gasteiger charge is -2.30. The Hall–Kier alpha value is -3.10. The predicted molar refractivity (Wildman–Crippen MR) is 111 cm³/mol. The standard InChI is InChI=1S/C21H25N3O5/c1-27-14-20(25)22-17-8-7-15(28-2)13-18(17)23-21(26)16-5-3-4-6-19(16)24-9-11-29-12-10-24/h3-8,13H,9-12,14H2,1-2H3,(H,22,25)(H,23,26). The molecule has 2 amide bonds. The molecule has 1 aliphatic heterocycles. The summed E-state index contributed by atoms with van der Waals surface area (Å²) in [6.45, 7) is 2.62. The third kappa shape index (κ3) is 5.24. The molecule has 1 heterocycles. The summed E-state index contributed by atoms with van der Waals surface area (Å²) in [4.78, 5) is 27.2. The molecule has 2 N–H and O–H groups in total. The van der Waals surface area contributed by atoms with Crippen molar-refractivity contribution in [2.45, 2.75) is 0 Å². The number of nitrogens with one attached hydrogen (secondary N) is 2. The number of benzene rings is 2. The molecule has 2 aromatic carbocycles. The molecule has 0 atom stereocenters. The molecular formula is C21H25N3O5. The highest BCUT2D eigenvalue weighted by molar-refractivity contribution is 6.10. The molecule has 154 valence electrons. The van der Waals surface area contributed by atoms with E-state index in [1.165, 1.54) is 14.2 Å². The fraction of sp³-hybridized carbons (Fsp3) is 0.333. The Bertz CT molecular complexity index is 865. The second-order valence-corrected chi connectivity index (χ2v) is 6.46. The van der Waals surface area contributed by atoms with Gasteiger partial charge in [0.1, 0.15) is 12.4 Å². The van der Waals surface area contributed by atoms with Crippen molar-refractivity contribution in [3.8, 4) is 5.75 Å². The van der Waals surface area contributed by atoms with Crippen LogP contribution in [0.1, 0.15) is 10.4 Å². The summed E-state index contributed by atoms with van der Waals surface area (Å²) >= 11 is 0. The molecule has 0 aromatic heterocycles. The van der Waals surface area contributed by atoms with Crippen LogP contribution in [0.4, 0.5) is 17.1 Å². The fourth-order valence-electron chi connectivity index (χ4n) is 3.12. The first kappa shape index (κ1) is 20.6. The molecule has 0 radical (unpaired) electrons. The highest BCUT2D eigenvalue weighted by Crippen LogP contribution is 2.29. The van der Waals surface area contributed by atoms with Crippen molar-refractivity contribution in [3.05, 3.63) is 48.0 Å². The van der Waals surface area contributed by atoms with Crippen LogP contribution >= 0.6 is 0 Å². The van der Waals surface area contributed by atoms with Crippen LogP contribution in [0.2, 0.25) is 0 Å². The van der Waals surface area contributed by atoms with E-state index in [2.05, 4.69) is 15.5 Å². The maximum absolute atomic E-state index is 13.1. The van der Waals surface area contributed by atoms with Crippen LogP contribution in [0.3, 0.4) is 0 Å². The Balaban J connectivity index is 1.86. The third-order valence-corrected chi connectivity index (χ3v) is 4.52. The molecule has 2 aromatic rings. The van der Waals surface area contributed by atoms with Gasteiger partial charge in [0, 0.05) is 32.0 Å². The average molecular weight is 399 g/mol. The second-order valence-electron chi connectivity index (χ2n) is 6.46. The van der Waals surface area contributed by atoms with E-state index in [0.29, 0.717) is 35.9 Å². The van der Waals surface area contributed by atoms with Gasteiger partial charge in [0.15, 0.2) is 0 Å². The predicted octanol–water partition coefficient (Wildman–Crippen LogP) is 2.37. The monoisotopic (exact) mass is 399 g/mol. The van der Waals surface area contributed by atoms with Gasteiger partial charge in [-0.1, -0.05) is 12.1 Å². The molecule has 0 spiro atoms. The Morgan fingerprint density at radius 2 is 1.79 bits per heavy atom. The SMILES string of the molecule is COCC(=O)Nc1ccc(OC)cc1NC(=O)c1ccccc1N1CCOCC1. The molecule has 0 aliphatic carbocycles. The van der Waals surface area contributed by atoms with Crippen molar-refractivity contribution in [2.75, 3.05) is 62.7 Å². The van der Waals surface area contributed by atoms with Gasteiger partial charge >= 0.3 is 0 Å². The number of para-hydroxylation sites is 1. The number of hydrogen-bond donors (Lipinski definition) is 2. The van der Waals surface area contributed by atoms with E-state index < -0.39 is 0 Å². The first-order valence-electron chi connectivity index (χ1n) is 9.32.